The number of esters is 1. The highest BCUT2D eigenvalue weighted by molar-refractivity contribution is 6.15. The molecule has 0 saturated carbocycles. The van der Waals surface area contributed by atoms with E-state index in [0.29, 0.717) is 45.4 Å². The summed E-state index contributed by atoms with van der Waals surface area (Å²) >= 11 is 0. The summed E-state index contributed by atoms with van der Waals surface area (Å²) < 4.78 is 32.8. The van der Waals surface area contributed by atoms with Gasteiger partial charge in [0.1, 0.15) is 18.1 Å². The number of carbonyl (C=O) groups is 2. The number of benzene rings is 3. The molecule has 36 heavy (non-hydrogen) atoms. The van der Waals surface area contributed by atoms with Crippen LogP contribution >= 0.6 is 0 Å². The van der Waals surface area contributed by atoms with Crippen LogP contribution in [0.4, 0.5) is 0 Å². The third-order valence-electron chi connectivity index (χ3n) is 5.53. The van der Waals surface area contributed by atoms with Crippen LogP contribution in [0.25, 0.3) is 6.08 Å². The quantitative estimate of drug-likeness (QED) is 0.313. The maximum atomic E-state index is 13.1. The summed E-state index contributed by atoms with van der Waals surface area (Å²) in [6, 6.07) is 16.1. The Morgan fingerprint density at radius 2 is 1.64 bits per heavy atom. The Balaban J connectivity index is 1.48. The number of aryl methyl sites for hydroxylation is 1. The fourth-order valence-corrected chi connectivity index (χ4v) is 3.82. The predicted molar refractivity (Wildman–Crippen MR) is 132 cm³/mol. The zero-order valence-corrected chi connectivity index (χ0v) is 20.5. The van der Waals surface area contributed by atoms with Gasteiger partial charge in [0.05, 0.1) is 26.9 Å². The molecule has 1 aliphatic heterocycles. The zero-order valence-electron chi connectivity index (χ0n) is 20.5. The third-order valence-corrected chi connectivity index (χ3v) is 5.53. The first-order valence-electron chi connectivity index (χ1n) is 11.1. The lowest BCUT2D eigenvalue weighted by atomic mass is 10.0. The second-order valence-corrected chi connectivity index (χ2v) is 7.95. The minimum atomic E-state index is -0.503. The molecule has 0 aromatic heterocycles. The van der Waals surface area contributed by atoms with Crippen molar-refractivity contribution in [3.63, 3.8) is 0 Å². The maximum Gasteiger partial charge on any atom is 0.344 e. The summed E-state index contributed by atoms with van der Waals surface area (Å²) in [6.07, 6.45) is 1.60. The first-order valence-corrected chi connectivity index (χ1v) is 11.1. The number of carbonyl (C=O) groups excluding carboxylic acids is 2. The lowest BCUT2D eigenvalue weighted by molar-refractivity contribution is -0.147. The fraction of sp³-hybridized carbons (Fsp3) is 0.214. The molecule has 0 saturated heterocycles. The van der Waals surface area contributed by atoms with Crippen LogP contribution in [0.3, 0.4) is 0 Å². The molecule has 0 unspecified atom stereocenters. The van der Waals surface area contributed by atoms with E-state index in [1.165, 1.54) is 21.3 Å². The Bertz CT molecular complexity index is 1290. The number of methoxy groups -OCH3 is 3. The highest BCUT2D eigenvalue weighted by atomic mass is 16.6. The van der Waals surface area contributed by atoms with Gasteiger partial charge in [-0.15, -0.1) is 0 Å². The molecular formula is C28H26O8. The number of fused-ring (bicyclic) bond motifs is 1. The van der Waals surface area contributed by atoms with E-state index in [1.54, 1.807) is 37.3 Å². The van der Waals surface area contributed by atoms with Gasteiger partial charge in [0.25, 0.3) is 0 Å². The van der Waals surface area contributed by atoms with E-state index in [9.17, 15) is 9.59 Å². The molecule has 0 aliphatic carbocycles. The second-order valence-electron chi connectivity index (χ2n) is 7.95. The Morgan fingerprint density at radius 3 is 2.28 bits per heavy atom. The van der Waals surface area contributed by atoms with Gasteiger partial charge in [0, 0.05) is 6.07 Å². The average Bonchev–Trinajstić information content (AvgIpc) is 3.21. The van der Waals surface area contributed by atoms with Crippen molar-refractivity contribution in [3.8, 4) is 28.7 Å². The van der Waals surface area contributed by atoms with Crippen LogP contribution in [-0.2, 0) is 16.1 Å². The second kappa shape index (κ2) is 10.9. The molecule has 186 valence electrons. The van der Waals surface area contributed by atoms with Crippen LogP contribution in [0, 0.1) is 6.92 Å². The zero-order chi connectivity index (χ0) is 25.7. The molecule has 0 radical (unpaired) electrons. The first-order chi connectivity index (χ1) is 17.4. The molecule has 0 N–H and O–H groups in total. The number of hydrogen-bond donors (Lipinski definition) is 0. The highest BCUT2D eigenvalue weighted by Crippen LogP contribution is 2.41. The molecule has 0 fully saturated rings. The molecule has 3 aromatic carbocycles. The number of rotatable bonds is 9. The molecule has 0 amide bonds. The molecule has 0 spiro atoms. The van der Waals surface area contributed by atoms with Gasteiger partial charge >= 0.3 is 5.97 Å². The van der Waals surface area contributed by atoms with Crippen LogP contribution in [0.15, 0.2) is 60.4 Å². The van der Waals surface area contributed by atoms with Crippen molar-refractivity contribution >= 4 is 17.8 Å². The van der Waals surface area contributed by atoms with Gasteiger partial charge in [-0.1, -0.05) is 30.3 Å². The van der Waals surface area contributed by atoms with Crippen LogP contribution in [0.2, 0.25) is 0 Å². The van der Waals surface area contributed by atoms with Crippen molar-refractivity contribution in [2.24, 2.45) is 0 Å². The Kier molecular flexibility index (Phi) is 7.44. The highest BCUT2D eigenvalue weighted by Gasteiger charge is 2.30. The number of hydrogen-bond acceptors (Lipinski definition) is 8. The van der Waals surface area contributed by atoms with Crippen molar-refractivity contribution in [1.29, 1.82) is 0 Å². The smallest absolute Gasteiger partial charge is 0.344 e. The summed E-state index contributed by atoms with van der Waals surface area (Å²) in [6.45, 7) is 1.68. The predicted octanol–water partition coefficient (Wildman–Crippen LogP) is 4.76. The molecule has 4 rings (SSSR count). The minimum Gasteiger partial charge on any atom is -0.493 e. The van der Waals surface area contributed by atoms with Crippen LogP contribution < -0.4 is 23.7 Å². The average molecular weight is 491 g/mol. The van der Waals surface area contributed by atoms with Crippen molar-refractivity contribution in [3.05, 3.63) is 82.6 Å². The Hall–Kier alpha value is -4.46. The third kappa shape index (κ3) is 5.27. The van der Waals surface area contributed by atoms with E-state index in [0.717, 1.165) is 5.56 Å². The fourth-order valence-electron chi connectivity index (χ4n) is 3.82. The molecule has 8 nitrogen and oxygen atoms in total. The number of ether oxygens (including phenoxy) is 6. The van der Waals surface area contributed by atoms with E-state index in [1.807, 2.05) is 30.3 Å². The maximum absolute atomic E-state index is 13.1. The van der Waals surface area contributed by atoms with Crippen molar-refractivity contribution in [2.45, 2.75) is 13.5 Å². The number of Topliss-reactive ketones (excluding diaryl/α,β-unsaturated/α-hetero) is 1. The van der Waals surface area contributed by atoms with Gasteiger partial charge in [-0.2, -0.15) is 0 Å². The molecule has 0 atom stereocenters. The van der Waals surface area contributed by atoms with Gasteiger partial charge < -0.3 is 28.4 Å². The van der Waals surface area contributed by atoms with Gasteiger partial charge in [-0.3, -0.25) is 4.79 Å². The largest absolute Gasteiger partial charge is 0.493 e. The minimum absolute atomic E-state index is 0.141. The number of allylic oxidation sites excluding steroid dienone is 1. The summed E-state index contributed by atoms with van der Waals surface area (Å²) in [7, 11) is 4.55. The van der Waals surface area contributed by atoms with Crippen LogP contribution in [0.5, 0.6) is 28.7 Å². The van der Waals surface area contributed by atoms with Gasteiger partial charge in [0.2, 0.25) is 11.5 Å². The SMILES string of the molecule is COc1cc(/C=C2\Oc3cc(OCC(=O)OCc4ccccc4)cc(C)c3C2=O)cc(OC)c1OC. The molecule has 3 aromatic rings. The summed E-state index contributed by atoms with van der Waals surface area (Å²) in [5.74, 6) is 1.49. The van der Waals surface area contributed by atoms with Crippen LogP contribution in [-0.4, -0.2) is 39.7 Å². The lowest BCUT2D eigenvalue weighted by Gasteiger charge is -2.13. The molecule has 0 bridgehead atoms. The molecule has 1 heterocycles. The van der Waals surface area contributed by atoms with E-state index in [2.05, 4.69) is 0 Å². The van der Waals surface area contributed by atoms with Gasteiger partial charge in [-0.05, 0) is 47.9 Å². The van der Waals surface area contributed by atoms with E-state index in [-0.39, 0.29) is 24.8 Å². The molecule has 1 aliphatic rings. The summed E-state index contributed by atoms with van der Waals surface area (Å²) in [4.78, 5) is 25.2. The summed E-state index contributed by atoms with van der Waals surface area (Å²) in [5, 5.41) is 0. The van der Waals surface area contributed by atoms with Crippen molar-refractivity contribution < 1.29 is 38.0 Å². The van der Waals surface area contributed by atoms with Crippen molar-refractivity contribution in [2.75, 3.05) is 27.9 Å². The van der Waals surface area contributed by atoms with E-state index >= 15 is 0 Å². The number of ketones is 1. The Labute approximate surface area is 209 Å². The first kappa shape index (κ1) is 24.7. The lowest BCUT2D eigenvalue weighted by Crippen LogP contribution is -2.14. The van der Waals surface area contributed by atoms with E-state index in [4.69, 9.17) is 28.4 Å². The van der Waals surface area contributed by atoms with Crippen molar-refractivity contribution in [1.82, 2.24) is 0 Å². The van der Waals surface area contributed by atoms with Crippen LogP contribution in [0.1, 0.15) is 27.0 Å². The normalized spacial score (nSPS) is 13.1. The Morgan fingerprint density at radius 1 is 0.944 bits per heavy atom. The molecular weight excluding hydrogens is 464 g/mol. The van der Waals surface area contributed by atoms with Gasteiger partial charge in [-0.25, -0.2) is 4.79 Å². The van der Waals surface area contributed by atoms with Gasteiger partial charge in [0.15, 0.2) is 23.9 Å². The topological polar surface area (TPSA) is 89.5 Å². The molecule has 8 heteroatoms. The monoisotopic (exact) mass is 490 g/mol. The van der Waals surface area contributed by atoms with E-state index < -0.39 is 5.97 Å². The summed E-state index contributed by atoms with van der Waals surface area (Å²) in [5.41, 5.74) is 2.62. The standard InChI is InChI=1S/C28H26O8/c1-17-10-20(34-16-25(29)35-15-18-8-6-5-7-9-18)14-21-26(17)27(30)22(36-21)11-19-12-23(31-2)28(33-4)24(13-19)32-3/h5-14H,15-16H2,1-4H3/b22-11-.